The summed E-state index contributed by atoms with van der Waals surface area (Å²) in [6.07, 6.45) is -3.37. The first kappa shape index (κ1) is 20.5. The first-order valence-electron chi connectivity index (χ1n) is 7.60. The van der Waals surface area contributed by atoms with E-state index < -0.39 is 27.7 Å². The van der Waals surface area contributed by atoms with E-state index >= 15 is 0 Å². The summed E-state index contributed by atoms with van der Waals surface area (Å²) in [5.74, 6) is -0.735. The van der Waals surface area contributed by atoms with Gasteiger partial charge >= 0.3 is 12.1 Å². The summed E-state index contributed by atoms with van der Waals surface area (Å²) in [4.78, 5) is 11.4. The van der Waals surface area contributed by atoms with Gasteiger partial charge in [0.25, 0.3) is 10.0 Å². The molecule has 0 amide bonds. The molecule has 0 saturated carbocycles. The van der Waals surface area contributed by atoms with Crippen molar-refractivity contribution in [2.45, 2.75) is 11.1 Å². The lowest BCUT2D eigenvalue weighted by molar-refractivity contribution is -0.137. The van der Waals surface area contributed by atoms with E-state index in [0.717, 1.165) is 35.7 Å². The van der Waals surface area contributed by atoms with E-state index in [0.29, 0.717) is 0 Å². The highest BCUT2D eigenvalue weighted by Gasteiger charge is 2.32. The third-order valence-corrected chi connectivity index (χ3v) is 5.39. The normalized spacial score (nSPS) is 11.7. The molecule has 2 rings (SSSR count). The summed E-state index contributed by atoms with van der Waals surface area (Å²) in [6, 6.07) is 9.01. The number of methoxy groups -OCH3 is 1. The number of sulfonamides is 1. The van der Waals surface area contributed by atoms with Crippen LogP contribution in [0.5, 0.6) is 0 Å². The summed E-state index contributed by atoms with van der Waals surface area (Å²) >= 11 is 0. The lowest BCUT2D eigenvalue weighted by atomic mass is 10.2. The van der Waals surface area contributed by atoms with Crippen LogP contribution in [0.3, 0.4) is 0 Å². The van der Waals surface area contributed by atoms with Crippen LogP contribution in [0.1, 0.15) is 15.9 Å². The fourth-order valence-corrected chi connectivity index (χ4v) is 3.80. The van der Waals surface area contributed by atoms with Crippen molar-refractivity contribution >= 4 is 21.7 Å². The average molecular weight is 399 g/mol. The van der Waals surface area contributed by atoms with Gasteiger partial charge in [-0.3, -0.25) is 4.31 Å². The molecule has 0 radical (unpaired) electrons. The smallest absolute Gasteiger partial charge is 0.416 e. The molecule has 0 saturated heterocycles. The van der Waals surface area contributed by atoms with E-state index in [4.69, 9.17) is 0 Å². The second-order valence-electron chi connectivity index (χ2n) is 5.39. The quantitative estimate of drug-likeness (QED) is 0.546. The van der Waals surface area contributed by atoms with Gasteiger partial charge in [0, 0.05) is 0 Å². The van der Waals surface area contributed by atoms with E-state index in [1.807, 2.05) is 0 Å². The number of anilines is 1. The third kappa shape index (κ3) is 4.48. The molecule has 0 aliphatic rings. The molecule has 0 unspecified atom stereocenters. The average Bonchev–Trinajstić information content (AvgIpc) is 2.64. The number of rotatable bonds is 6. The fraction of sp³-hybridized carbons (Fsp3) is 0.167. The molecule has 0 spiro atoms. The first-order valence-corrected chi connectivity index (χ1v) is 9.04. The van der Waals surface area contributed by atoms with Crippen molar-refractivity contribution in [1.82, 2.24) is 0 Å². The van der Waals surface area contributed by atoms with E-state index in [-0.39, 0.29) is 22.7 Å². The van der Waals surface area contributed by atoms with Crippen LogP contribution < -0.4 is 4.31 Å². The van der Waals surface area contributed by atoms with Gasteiger partial charge in [-0.25, -0.2) is 13.2 Å². The predicted molar refractivity (Wildman–Crippen MR) is 94.0 cm³/mol. The number of nitrogens with zero attached hydrogens (tertiary/aromatic N) is 1. The van der Waals surface area contributed by atoms with Crippen LogP contribution in [0.15, 0.2) is 66.1 Å². The van der Waals surface area contributed by atoms with Crippen molar-refractivity contribution in [3.8, 4) is 0 Å². The van der Waals surface area contributed by atoms with Gasteiger partial charge in [-0.15, -0.1) is 6.58 Å². The summed E-state index contributed by atoms with van der Waals surface area (Å²) in [6.45, 7) is 3.20. The molecular formula is C18H16F3NO4S. The largest absolute Gasteiger partial charge is 0.465 e. The van der Waals surface area contributed by atoms with Crippen molar-refractivity contribution in [3.05, 3.63) is 72.3 Å². The number of alkyl halides is 3. The Kier molecular flexibility index (Phi) is 5.94. The molecule has 0 aliphatic heterocycles. The molecule has 0 heterocycles. The zero-order valence-corrected chi connectivity index (χ0v) is 15.0. The monoisotopic (exact) mass is 399 g/mol. The van der Waals surface area contributed by atoms with Gasteiger partial charge in [0.2, 0.25) is 0 Å². The molecule has 0 aromatic heterocycles. The van der Waals surface area contributed by atoms with Crippen LogP contribution in [-0.2, 0) is 20.9 Å². The van der Waals surface area contributed by atoms with Crippen LogP contribution >= 0.6 is 0 Å². The van der Waals surface area contributed by atoms with Gasteiger partial charge in [0.15, 0.2) is 0 Å². The number of ether oxygens (including phenoxy) is 1. The van der Waals surface area contributed by atoms with Crippen LogP contribution in [0, 0.1) is 0 Å². The second-order valence-corrected chi connectivity index (χ2v) is 7.25. The number of carbonyl (C=O) groups excluding carboxylic acids is 1. The Morgan fingerprint density at radius 3 is 2.44 bits per heavy atom. The van der Waals surface area contributed by atoms with E-state index in [9.17, 15) is 26.4 Å². The summed E-state index contributed by atoms with van der Waals surface area (Å²) < 4.78 is 70.3. The summed E-state index contributed by atoms with van der Waals surface area (Å²) in [7, 11) is -3.11. The van der Waals surface area contributed by atoms with Gasteiger partial charge in [-0.2, -0.15) is 13.2 Å². The molecular weight excluding hydrogens is 383 g/mol. The molecule has 0 fully saturated rings. The van der Waals surface area contributed by atoms with Gasteiger partial charge in [0.05, 0.1) is 35.4 Å². The number of benzene rings is 2. The Bertz CT molecular complexity index is 955. The molecule has 2 aromatic rings. The standard InChI is InChI=1S/C18H16F3NO4S/c1-3-10-22(15-8-5-7-14(12-15)18(19,20)21)27(24,25)16-9-4-6-13(11-16)17(23)26-2/h3-9,11-12H,1,10H2,2H3. The third-order valence-electron chi connectivity index (χ3n) is 3.60. The number of halogens is 3. The molecule has 2 aromatic carbocycles. The van der Waals surface area contributed by atoms with Crippen LogP contribution in [0.2, 0.25) is 0 Å². The Balaban J connectivity index is 2.56. The zero-order valence-electron chi connectivity index (χ0n) is 14.2. The minimum Gasteiger partial charge on any atom is -0.465 e. The molecule has 5 nitrogen and oxygen atoms in total. The van der Waals surface area contributed by atoms with Gasteiger partial charge < -0.3 is 4.74 Å². The van der Waals surface area contributed by atoms with E-state index in [1.54, 1.807) is 0 Å². The molecule has 27 heavy (non-hydrogen) atoms. The molecule has 0 atom stereocenters. The zero-order chi connectivity index (χ0) is 20.2. The Labute approximate surface area is 154 Å². The summed E-state index contributed by atoms with van der Waals surface area (Å²) in [5, 5.41) is 0. The lowest BCUT2D eigenvalue weighted by Gasteiger charge is -2.24. The Morgan fingerprint density at radius 2 is 1.85 bits per heavy atom. The Hall–Kier alpha value is -2.81. The second kappa shape index (κ2) is 7.83. The maximum atomic E-state index is 13.0. The van der Waals surface area contributed by atoms with Crippen molar-refractivity contribution in [2.24, 2.45) is 0 Å². The van der Waals surface area contributed by atoms with Crippen molar-refractivity contribution in [3.63, 3.8) is 0 Å². The molecule has 0 aliphatic carbocycles. The first-order chi connectivity index (χ1) is 12.6. The van der Waals surface area contributed by atoms with E-state index in [2.05, 4.69) is 11.3 Å². The Morgan fingerprint density at radius 1 is 1.19 bits per heavy atom. The highest BCUT2D eigenvalue weighted by molar-refractivity contribution is 7.92. The molecule has 9 heteroatoms. The van der Waals surface area contributed by atoms with E-state index in [1.165, 1.54) is 30.3 Å². The predicted octanol–water partition coefficient (Wildman–Crippen LogP) is 3.87. The molecule has 0 bridgehead atoms. The minimum absolute atomic E-state index is 0.00108. The highest BCUT2D eigenvalue weighted by Crippen LogP contribution is 2.33. The van der Waals surface area contributed by atoms with Gasteiger partial charge in [0.1, 0.15) is 0 Å². The SMILES string of the molecule is C=CCN(c1cccc(C(F)(F)F)c1)S(=O)(=O)c1cccc(C(=O)OC)c1. The van der Waals surface area contributed by atoms with Gasteiger partial charge in [-0.05, 0) is 36.4 Å². The van der Waals surface area contributed by atoms with Crippen LogP contribution in [0.4, 0.5) is 18.9 Å². The topological polar surface area (TPSA) is 63.7 Å². The molecule has 144 valence electrons. The number of esters is 1. The van der Waals surface area contributed by atoms with Gasteiger partial charge in [-0.1, -0.05) is 18.2 Å². The van der Waals surface area contributed by atoms with Crippen molar-refractivity contribution < 1.29 is 31.1 Å². The maximum Gasteiger partial charge on any atom is 0.416 e. The number of carbonyl (C=O) groups is 1. The number of hydrogen-bond acceptors (Lipinski definition) is 4. The highest BCUT2D eigenvalue weighted by atomic mass is 32.2. The van der Waals surface area contributed by atoms with Crippen LogP contribution in [-0.4, -0.2) is 28.0 Å². The van der Waals surface area contributed by atoms with Crippen molar-refractivity contribution in [1.29, 1.82) is 0 Å². The minimum atomic E-state index is -4.62. The number of hydrogen-bond donors (Lipinski definition) is 0. The van der Waals surface area contributed by atoms with Crippen molar-refractivity contribution in [2.75, 3.05) is 18.0 Å². The summed E-state index contributed by atoms with van der Waals surface area (Å²) in [5.41, 5.74) is -1.15. The molecule has 0 N–H and O–H groups in total. The lowest BCUT2D eigenvalue weighted by Crippen LogP contribution is -2.31. The fourth-order valence-electron chi connectivity index (χ4n) is 2.33. The van der Waals surface area contributed by atoms with Crippen LogP contribution in [0.25, 0.3) is 0 Å². The maximum absolute atomic E-state index is 13.0.